The van der Waals surface area contributed by atoms with E-state index in [-0.39, 0.29) is 6.04 Å². The zero-order valence-corrected chi connectivity index (χ0v) is 12.7. The quantitative estimate of drug-likeness (QED) is 0.793. The van der Waals surface area contributed by atoms with E-state index in [1.54, 1.807) is 12.1 Å². The van der Waals surface area contributed by atoms with Crippen LogP contribution in [0.15, 0.2) is 24.3 Å². The van der Waals surface area contributed by atoms with Crippen LogP contribution in [-0.4, -0.2) is 6.04 Å². The van der Waals surface area contributed by atoms with Crippen molar-refractivity contribution in [3.8, 4) is 0 Å². The average Bonchev–Trinajstić information content (AvgIpc) is 2.47. The van der Waals surface area contributed by atoms with Gasteiger partial charge in [0, 0.05) is 12.1 Å². The number of hydrogen-bond donors (Lipinski definition) is 1. The topological polar surface area (TPSA) is 12.0 Å². The molecule has 0 heterocycles. The number of alkyl halides is 3. The molecule has 1 aromatic carbocycles. The van der Waals surface area contributed by atoms with E-state index in [9.17, 15) is 13.2 Å². The van der Waals surface area contributed by atoms with Crippen molar-refractivity contribution in [3.63, 3.8) is 0 Å². The molecule has 2 unspecified atom stereocenters. The van der Waals surface area contributed by atoms with Crippen molar-refractivity contribution in [2.75, 3.05) is 0 Å². The summed E-state index contributed by atoms with van der Waals surface area (Å²) in [6.07, 6.45) is 2.18. The highest BCUT2D eigenvalue weighted by atomic mass is 19.4. The Morgan fingerprint density at radius 2 is 1.57 bits per heavy atom. The lowest BCUT2D eigenvalue weighted by Crippen LogP contribution is -2.36. The lowest BCUT2D eigenvalue weighted by atomic mass is 9.84. The number of halogens is 3. The molecule has 0 spiro atoms. The van der Waals surface area contributed by atoms with Gasteiger partial charge in [-0.1, -0.05) is 31.4 Å². The van der Waals surface area contributed by atoms with Gasteiger partial charge in [-0.05, 0) is 50.3 Å². The Hall–Kier alpha value is -1.03. The lowest BCUT2D eigenvalue weighted by molar-refractivity contribution is -0.137. The smallest absolute Gasteiger partial charge is 0.307 e. The van der Waals surface area contributed by atoms with Gasteiger partial charge in [-0.25, -0.2) is 0 Å². The summed E-state index contributed by atoms with van der Waals surface area (Å²) >= 11 is 0. The van der Waals surface area contributed by atoms with E-state index in [4.69, 9.17) is 0 Å². The van der Waals surface area contributed by atoms with Gasteiger partial charge in [-0.3, -0.25) is 0 Å². The van der Waals surface area contributed by atoms with Crippen LogP contribution in [0.2, 0.25) is 0 Å². The third-order valence-corrected chi connectivity index (χ3v) is 4.61. The van der Waals surface area contributed by atoms with Crippen LogP contribution in [0, 0.1) is 5.92 Å². The Labute approximate surface area is 124 Å². The first kappa shape index (κ1) is 16.3. The summed E-state index contributed by atoms with van der Waals surface area (Å²) in [5, 5.41) is 3.54. The van der Waals surface area contributed by atoms with Gasteiger partial charge in [-0.2, -0.15) is 13.2 Å². The highest BCUT2D eigenvalue weighted by Crippen LogP contribution is 2.31. The molecular formula is C17H24F3N. The molecule has 1 N–H and O–H groups in total. The summed E-state index contributed by atoms with van der Waals surface area (Å²) in [4.78, 5) is 0. The number of hydrogen-bond acceptors (Lipinski definition) is 1. The standard InChI is InChI=1S/C17H24F3N/c1-12(14-6-4-3-5-7-14)21-13(2)15-8-10-16(11-9-15)17(18,19)20/h8-14,21H,3-7H2,1-2H3. The summed E-state index contributed by atoms with van der Waals surface area (Å²) in [6, 6.07) is 5.96. The average molecular weight is 299 g/mol. The minimum absolute atomic E-state index is 0.0733. The SMILES string of the molecule is CC(NC(C)C1CCCCC1)c1ccc(C(F)(F)F)cc1. The van der Waals surface area contributed by atoms with Gasteiger partial charge < -0.3 is 5.32 Å². The second kappa shape index (κ2) is 6.82. The van der Waals surface area contributed by atoms with Crippen molar-refractivity contribution in [2.45, 2.75) is 64.2 Å². The molecule has 1 nitrogen and oxygen atoms in total. The van der Waals surface area contributed by atoms with E-state index >= 15 is 0 Å². The number of benzene rings is 1. The minimum Gasteiger partial charge on any atom is -0.307 e. The first-order chi connectivity index (χ1) is 9.88. The molecule has 118 valence electrons. The fourth-order valence-electron chi connectivity index (χ4n) is 3.22. The summed E-state index contributed by atoms with van der Waals surface area (Å²) < 4.78 is 37.7. The maximum atomic E-state index is 12.6. The number of nitrogens with one attached hydrogen (secondary N) is 1. The number of rotatable bonds is 4. The van der Waals surface area contributed by atoms with E-state index in [0.717, 1.165) is 5.56 Å². The van der Waals surface area contributed by atoms with Crippen molar-refractivity contribution >= 4 is 0 Å². The highest BCUT2D eigenvalue weighted by Gasteiger charge is 2.30. The Morgan fingerprint density at radius 3 is 2.10 bits per heavy atom. The van der Waals surface area contributed by atoms with Gasteiger partial charge >= 0.3 is 6.18 Å². The summed E-state index contributed by atoms with van der Waals surface area (Å²) in [6.45, 7) is 4.21. The van der Waals surface area contributed by atoms with Gasteiger partial charge in [0.1, 0.15) is 0 Å². The molecule has 1 saturated carbocycles. The van der Waals surface area contributed by atoms with Crippen LogP contribution in [0.4, 0.5) is 13.2 Å². The van der Waals surface area contributed by atoms with E-state index in [2.05, 4.69) is 12.2 Å². The van der Waals surface area contributed by atoms with Crippen LogP contribution in [0.1, 0.15) is 63.1 Å². The fourth-order valence-corrected chi connectivity index (χ4v) is 3.22. The largest absolute Gasteiger partial charge is 0.416 e. The van der Waals surface area contributed by atoms with Crippen LogP contribution in [-0.2, 0) is 6.18 Å². The minimum atomic E-state index is -4.26. The summed E-state index contributed by atoms with van der Waals surface area (Å²) in [5.41, 5.74) is 0.324. The Kier molecular flexibility index (Phi) is 5.31. The molecule has 1 aliphatic carbocycles. The highest BCUT2D eigenvalue weighted by molar-refractivity contribution is 5.26. The molecule has 2 atom stereocenters. The van der Waals surface area contributed by atoms with E-state index in [0.29, 0.717) is 12.0 Å². The molecule has 2 rings (SSSR count). The molecule has 0 bridgehead atoms. The molecule has 0 aromatic heterocycles. The van der Waals surface area contributed by atoms with Gasteiger partial charge in [0.05, 0.1) is 5.56 Å². The Bertz CT molecular complexity index is 432. The molecule has 0 saturated heterocycles. The lowest BCUT2D eigenvalue weighted by Gasteiger charge is -2.31. The summed E-state index contributed by atoms with van der Waals surface area (Å²) in [5.74, 6) is 0.690. The maximum Gasteiger partial charge on any atom is 0.416 e. The molecule has 0 aliphatic heterocycles. The van der Waals surface area contributed by atoms with Gasteiger partial charge in [-0.15, -0.1) is 0 Å². The van der Waals surface area contributed by atoms with Crippen molar-refractivity contribution < 1.29 is 13.2 Å². The van der Waals surface area contributed by atoms with E-state index in [1.807, 2.05) is 6.92 Å². The first-order valence-corrected chi connectivity index (χ1v) is 7.81. The van der Waals surface area contributed by atoms with Gasteiger partial charge in [0.2, 0.25) is 0 Å². The third kappa shape index (κ3) is 4.47. The van der Waals surface area contributed by atoms with Crippen LogP contribution in [0.3, 0.4) is 0 Å². The van der Waals surface area contributed by atoms with Gasteiger partial charge in [0.25, 0.3) is 0 Å². The molecule has 1 aliphatic rings. The Balaban J connectivity index is 1.94. The fraction of sp³-hybridized carbons (Fsp3) is 0.647. The molecular weight excluding hydrogens is 275 g/mol. The first-order valence-electron chi connectivity index (χ1n) is 7.81. The normalized spacial score (nSPS) is 20.2. The molecule has 21 heavy (non-hydrogen) atoms. The maximum absolute atomic E-state index is 12.6. The third-order valence-electron chi connectivity index (χ3n) is 4.61. The van der Waals surface area contributed by atoms with Crippen LogP contribution in [0.5, 0.6) is 0 Å². The second-order valence-electron chi connectivity index (χ2n) is 6.19. The second-order valence-corrected chi connectivity index (χ2v) is 6.19. The predicted octanol–water partition coefficient (Wildman–Crippen LogP) is 5.32. The van der Waals surface area contributed by atoms with Crippen LogP contribution < -0.4 is 5.32 Å². The van der Waals surface area contributed by atoms with E-state index < -0.39 is 11.7 Å². The Morgan fingerprint density at radius 1 is 1.00 bits per heavy atom. The molecule has 1 aromatic rings. The van der Waals surface area contributed by atoms with Crippen LogP contribution >= 0.6 is 0 Å². The molecule has 1 fully saturated rings. The van der Waals surface area contributed by atoms with Crippen molar-refractivity contribution in [1.82, 2.24) is 5.32 Å². The summed E-state index contributed by atoms with van der Waals surface area (Å²) in [7, 11) is 0. The van der Waals surface area contributed by atoms with E-state index in [1.165, 1.54) is 44.2 Å². The predicted molar refractivity (Wildman–Crippen MR) is 79.0 cm³/mol. The molecule has 0 amide bonds. The zero-order valence-electron chi connectivity index (χ0n) is 12.7. The van der Waals surface area contributed by atoms with Crippen molar-refractivity contribution in [3.05, 3.63) is 35.4 Å². The molecule has 0 radical (unpaired) electrons. The van der Waals surface area contributed by atoms with Gasteiger partial charge in [0.15, 0.2) is 0 Å². The van der Waals surface area contributed by atoms with Crippen molar-refractivity contribution in [2.24, 2.45) is 5.92 Å². The zero-order chi connectivity index (χ0) is 15.5. The monoisotopic (exact) mass is 299 g/mol. The van der Waals surface area contributed by atoms with Crippen molar-refractivity contribution in [1.29, 1.82) is 0 Å². The molecule has 4 heteroatoms. The van der Waals surface area contributed by atoms with Crippen LogP contribution in [0.25, 0.3) is 0 Å².